The van der Waals surface area contributed by atoms with Crippen molar-refractivity contribution in [2.75, 3.05) is 18.5 Å². The Bertz CT molecular complexity index is 502. The van der Waals surface area contributed by atoms with E-state index in [4.69, 9.17) is 9.47 Å². The van der Waals surface area contributed by atoms with Crippen LogP contribution < -0.4 is 14.8 Å². The zero-order valence-electron chi connectivity index (χ0n) is 12.6. The second kappa shape index (κ2) is 5.78. The highest BCUT2D eigenvalue weighted by Crippen LogP contribution is 2.41. The van der Waals surface area contributed by atoms with E-state index >= 15 is 0 Å². The van der Waals surface area contributed by atoms with Crippen LogP contribution in [0, 0.1) is 11.8 Å². The molecule has 4 rings (SSSR count). The zero-order valence-corrected chi connectivity index (χ0v) is 12.6. The molecule has 1 aromatic carbocycles. The summed E-state index contributed by atoms with van der Waals surface area (Å²) in [6, 6.07) is 6.89. The van der Waals surface area contributed by atoms with Gasteiger partial charge in [-0.3, -0.25) is 0 Å². The number of fused-ring (bicyclic) bond motifs is 2. The molecule has 0 saturated heterocycles. The highest BCUT2D eigenvalue weighted by atomic mass is 16.6. The molecule has 114 valence electrons. The predicted octanol–water partition coefficient (Wildman–Crippen LogP) is 4.23. The van der Waals surface area contributed by atoms with Crippen LogP contribution in [0.1, 0.15) is 44.9 Å². The maximum Gasteiger partial charge on any atom is 0.163 e. The Morgan fingerprint density at radius 3 is 2.57 bits per heavy atom. The minimum atomic E-state index is 0.631. The zero-order chi connectivity index (χ0) is 14.1. The van der Waals surface area contributed by atoms with E-state index in [2.05, 4.69) is 17.4 Å². The lowest BCUT2D eigenvalue weighted by Gasteiger charge is -2.39. The molecule has 2 aliphatic carbocycles. The van der Waals surface area contributed by atoms with Crippen LogP contribution in [-0.4, -0.2) is 19.3 Å². The highest BCUT2D eigenvalue weighted by Gasteiger charge is 2.32. The van der Waals surface area contributed by atoms with Gasteiger partial charge in [0.15, 0.2) is 11.5 Å². The van der Waals surface area contributed by atoms with Crippen molar-refractivity contribution in [2.24, 2.45) is 11.8 Å². The summed E-state index contributed by atoms with van der Waals surface area (Å²) in [5.74, 6) is 3.74. The van der Waals surface area contributed by atoms with E-state index in [1.54, 1.807) is 0 Å². The van der Waals surface area contributed by atoms with E-state index in [0.29, 0.717) is 19.3 Å². The van der Waals surface area contributed by atoms with Gasteiger partial charge in [-0.15, -0.1) is 0 Å². The molecule has 2 saturated carbocycles. The van der Waals surface area contributed by atoms with Gasteiger partial charge < -0.3 is 14.8 Å². The number of anilines is 1. The first kappa shape index (κ1) is 13.3. The molecule has 0 aromatic heterocycles. The molecule has 1 aromatic rings. The van der Waals surface area contributed by atoms with Crippen LogP contribution in [0.4, 0.5) is 5.69 Å². The molecule has 3 atom stereocenters. The second-order valence-corrected chi connectivity index (χ2v) is 6.82. The molecule has 0 spiro atoms. The third-order valence-corrected chi connectivity index (χ3v) is 5.45. The average molecular weight is 287 g/mol. The summed E-state index contributed by atoms with van der Waals surface area (Å²) < 4.78 is 11.3. The molecular weight excluding hydrogens is 262 g/mol. The fourth-order valence-electron chi connectivity index (χ4n) is 4.37. The van der Waals surface area contributed by atoms with Crippen molar-refractivity contribution in [1.82, 2.24) is 0 Å². The number of benzene rings is 1. The highest BCUT2D eigenvalue weighted by molar-refractivity contribution is 5.55. The summed E-state index contributed by atoms with van der Waals surface area (Å²) in [4.78, 5) is 0. The lowest BCUT2D eigenvalue weighted by Crippen LogP contribution is -2.34. The van der Waals surface area contributed by atoms with Gasteiger partial charge in [-0.25, -0.2) is 0 Å². The lowest BCUT2D eigenvalue weighted by atomic mass is 9.69. The molecule has 1 aliphatic heterocycles. The van der Waals surface area contributed by atoms with Gasteiger partial charge in [0.2, 0.25) is 0 Å². The Morgan fingerprint density at radius 2 is 1.67 bits per heavy atom. The largest absolute Gasteiger partial charge is 0.486 e. The Kier molecular flexibility index (Phi) is 3.66. The molecule has 0 amide bonds. The Morgan fingerprint density at radius 1 is 0.857 bits per heavy atom. The van der Waals surface area contributed by atoms with Gasteiger partial charge in [0.1, 0.15) is 13.2 Å². The van der Waals surface area contributed by atoms with Crippen LogP contribution in [0.25, 0.3) is 0 Å². The maximum atomic E-state index is 5.67. The predicted molar refractivity (Wildman–Crippen MR) is 84.1 cm³/mol. The lowest BCUT2D eigenvalue weighted by molar-refractivity contribution is 0.162. The van der Waals surface area contributed by atoms with Crippen molar-refractivity contribution in [3.8, 4) is 11.5 Å². The van der Waals surface area contributed by atoms with E-state index in [1.165, 1.54) is 50.6 Å². The van der Waals surface area contributed by atoms with E-state index in [1.807, 2.05) is 6.07 Å². The maximum absolute atomic E-state index is 5.67. The minimum absolute atomic E-state index is 0.631. The first-order chi connectivity index (χ1) is 10.4. The van der Waals surface area contributed by atoms with Gasteiger partial charge in [-0.1, -0.05) is 25.7 Å². The van der Waals surface area contributed by atoms with Crippen molar-refractivity contribution in [2.45, 2.75) is 51.0 Å². The molecule has 1 N–H and O–H groups in total. The van der Waals surface area contributed by atoms with Crippen LogP contribution in [0.2, 0.25) is 0 Å². The number of hydrogen-bond acceptors (Lipinski definition) is 3. The summed E-state index contributed by atoms with van der Waals surface area (Å²) in [6.07, 6.45) is 9.90. The van der Waals surface area contributed by atoms with Crippen LogP contribution in [-0.2, 0) is 0 Å². The third kappa shape index (κ3) is 2.83. The van der Waals surface area contributed by atoms with Crippen molar-refractivity contribution >= 4 is 5.69 Å². The third-order valence-electron chi connectivity index (χ3n) is 5.45. The van der Waals surface area contributed by atoms with Crippen LogP contribution in [0.15, 0.2) is 18.2 Å². The van der Waals surface area contributed by atoms with Crippen LogP contribution in [0.3, 0.4) is 0 Å². The number of ether oxygens (including phenoxy) is 2. The van der Waals surface area contributed by atoms with E-state index < -0.39 is 0 Å². The van der Waals surface area contributed by atoms with Gasteiger partial charge >= 0.3 is 0 Å². The molecular formula is C18H25NO2. The first-order valence-corrected chi connectivity index (χ1v) is 8.55. The van der Waals surface area contributed by atoms with Crippen molar-refractivity contribution in [3.63, 3.8) is 0 Å². The summed E-state index contributed by atoms with van der Waals surface area (Å²) in [5.41, 5.74) is 1.18. The topological polar surface area (TPSA) is 30.5 Å². The van der Waals surface area contributed by atoms with E-state index in [0.717, 1.165) is 23.3 Å². The van der Waals surface area contributed by atoms with Crippen molar-refractivity contribution in [3.05, 3.63) is 18.2 Å². The minimum Gasteiger partial charge on any atom is -0.486 e. The molecule has 1 heterocycles. The molecule has 3 heteroatoms. The Hall–Kier alpha value is -1.38. The standard InChI is InChI=1S/C18H25NO2/c1-2-4-14-11-15(6-5-13(14)3-1)19-16-7-8-17-18(12-16)21-10-9-20-17/h7-8,12-15,19H,1-6,9-11H2. The van der Waals surface area contributed by atoms with Crippen molar-refractivity contribution in [1.29, 1.82) is 0 Å². The summed E-state index contributed by atoms with van der Waals surface area (Å²) >= 11 is 0. The molecule has 0 radical (unpaired) electrons. The molecule has 3 nitrogen and oxygen atoms in total. The van der Waals surface area contributed by atoms with Crippen molar-refractivity contribution < 1.29 is 9.47 Å². The van der Waals surface area contributed by atoms with Crippen LogP contribution >= 0.6 is 0 Å². The van der Waals surface area contributed by atoms with Gasteiger partial charge in [0.05, 0.1) is 0 Å². The number of rotatable bonds is 2. The Balaban J connectivity index is 1.41. The summed E-state index contributed by atoms with van der Waals surface area (Å²) in [7, 11) is 0. The van der Waals surface area contributed by atoms with Gasteiger partial charge in [0.25, 0.3) is 0 Å². The fourth-order valence-corrected chi connectivity index (χ4v) is 4.37. The van der Waals surface area contributed by atoms with Crippen LogP contribution in [0.5, 0.6) is 11.5 Å². The summed E-state index contributed by atoms with van der Waals surface area (Å²) in [6.45, 7) is 1.31. The first-order valence-electron chi connectivity index (χ1n) is 8.55. The molecule has 3 aliphatic rings. The normalized spacial score (nSPS) is 31.3. The van der Waals surface area contributed by atoms with Gasteiger partial charge in [-0.05, 0) is 43.2 Å². The molecule has 3 unspecified atom stereocenters. The van der Waals surface area contributed by atoms with E-state index in [-0.39, 0.29) is 0 Å². The molecule has 0 bridgehead atoms. The second-order valence-electron chi connectivity index (χ2n) is 6.82. The quantitative estimate of drug-likeness (QED) is 0.883. The SMILES string of the molecule is c1cc2c(cc1NC1CCC3CCCCC3C1)OCCO2. The van der Waals surface area contributed by atoms with Gasteiger partial charge in [-0.2, -0.15) is 0 Å². The fraction of sp³-hybridized carbons (Fsp3) is 0.667. The van der Waals surface area contributed by atoms with E-state index in [9.17, 15) is 0 Å². The van der Waals surface area contributed by atoms with Gasteiger partial charge in [0, 0.05) is 17.8 Å². The average Bonchev–Trinajstić information content (AvgIpc) is 2.55. The smallest absolute Gasteiger partial charge is 0.163 e. The number of hydrogen-bond donors (Lipinski definition) is 1. The molecule has 2 fully saturated rings. The molecule has 21 heavy (non-hydrogen) atoms. The number of nitrogens with one attached hydrogen (secondary N) is 1. The Labute approximate surface area is 127 Å². The summed E-state index contributed by atoms with van der Waals surface area (Å²) in [5, 5.41) is 3.73. The monoisotopic (exact) mass is 287 g/mol.